The van der Waals surface area contributed by atoms with Gasteiger partial charge >= 0.3 is 12.2 Å². The first-order valence-corrected chi connectivity index (χ1v) is 8.76. The quantitative estimate of drug-likeness (QED) is 0.457. The summed E-state index contributed by atoms with van der Waals surface area (Å²) in [6.45, 7) is 0. The number of nitrogens with zero attached hydrogens (tertiary/aromatic N) is 3. The van der Waals surface area contributed by atoms with Crippen LogP contribution in [0.5, 0.6) is 0 Å². The number of hydrogen-bond acceptors (Lipinski definition) is 4. The summed E-state index contributed by atoms with van der Waals surface area (Å²) in [6, 6.07) is 14.3. The summed E-state index contributed by atoms with van der Waals surface area (Å²) in [5, 5.41) is 12.8. The second-order valence-corrected chi connectivity index (χ2v) is 6.42. The second kappa shape index (κ2) is 7.39. The fourth-order valence-corrected chi connectivity index (χ4v) is 3.00. The second-order valence-electron chi connectivity index (χ2n) is 6.42. The molecule has 0 fully saturated rings. The van der Waals surface area contributed by atoms with Gasteiger partial charge in [0.25, 0.3) is 0 Å². The molecule has 0 aliphatic rings. The average molecular weight is 412 g/mol. The highest BCUT2D eigenvalue weighted by Gasteiger charge is 2.30. The molecule has 4 N–H and O–H groups in total. The van der Waals surface area contributed by atoms with Gasteiger partial charge in [-0.15, -0.1) is 5.10 Å². The number of nitrogens with two attached hydrogens (primary N) is 1. The minimum absolute atomic E-state index is 0.0364. The SMILES string of the molecule is Nc1nnn2cccc(-c3ccc(NC(=O)Nc4cccc(C(F)(F)F)c4)cc3)c12. The van der Waals surface area contributed by atoms with E-state index in [9.17, 15) is 18.0 Å². The minimum atomic E-state index is -4.48. The number of anilines is 3. The Kier molecular flexibility index (Phi) is 4.74. The number of hydrogen-bond donors (Lipinski definition) is 3. The molecular formula is C20H15F3N6O. The molecule has 0 radical (unpaired) electrons. The van der Waals surface area contributed by atoms with E-state index >= 15 is 0 Å². The van der Waals surface area contributed by atoms with Gasteiger partial charge in [-0.1, -0.05) is 29.5 Å². The fourth-order valence-electron chi connectivity index (χ4n) is 3.00. The van der Waals surface area contributed by atoms with E-state index in [-0.39, 0.29) is 5.69 Å². The first-order valence-electron chi connectivity index (χ1n) is 8.76. The third-order valence-corrected chi connectivity index (χ3v) is 4.37. The van der Waals surface area contributed by atoms with Gasteiger partial charge in [0, 0.05) is 23.1 Å². The van der Waals surface area contributed by atoms with Crippen LogP contribution in [0.15, 0.2) is 66.9 Å². The Morgan fingerprint density at radius 3 is 2.43 bits per heavy atom. The predicted molar refractivity (Wildman–Crippen MR) is 107 cm³/mol. The van der Waals surface area contributed by atoms with Gasteiger partial charge in [0.15, 0.2) is 5.82 Å². The standard InChI is InChI=1S/C20H15F3N6O/c21-20(22,23)13-3-1-4-15(11-13)26-19(30)25-14-8-6-12(7-9-14)16-5-2-10-29-17(16)18(24)27-28-29/h1-11H,24H2,(H2,25,26,30). The highest BCUT2D eigenvalue weighted by Crippen LogP contribution is 2.31. The molecule has 7 nitrogen and oxygen atoms in total. The highest BCUT2D eigenvalue weighted by atomic mass is 19.4. The number of alkyl halides is 3. The number of amides is 2. The first kappa shape index (κ1) is 19.2. The summed E-state index contributed by atoms with van der Waals surface area (Å²) in [6.07, 6.45) is -2.75. The van der Waals surface area contributed by atoms with E-state index in [0.29, 0.717) is 17.0 Å². The molecule has 30 heavy (non-hydrogen) atoms. The Labute approximate surface area is 168 Å². The lowest BCUT2D eigenvalue weighted by atomic mass is 10.1. The number of urea groups is 1. The molecule has 10 heteroatoms. The first-order chi connectivity index (χ1) is 14.3. The number of aromatic nitrogens is 3. The molecule has 0 spiro atoms. The van der Waals surface area contributed by atoms with Crippen LogP contribution >= 0.6 is 0 Å². The molecule has 152 valence electrons. The van der Waals surface area contributed by atoms with Crippen molar-refractivity contribution in [1.29, 1.82) is 0 Å². The highest BCUT2D eigenvalue weighted by molar-refractivity contribution is 6.00. The van der Waals surface area contributed by atoms with Gasteiger partial charge in [-0.3, -0.25) is 0 Å². The maximum Gasteiger partial charge on any atom is 0.416 e. The fraction of sp³-hybridized carbons (Fsp3) is 0.0500. The number of benzene rings is 2. The van der Waals surface area contributed by atoms with Crippen molar-refractivity contribution in [2.45, 2.75) is 6.18 Å². The summed E-state index contributed by atoms with van der Waals surface area (Å²) >= 11 is 0. The maximum absolute atomic E-state index is 12.8. The molecule has 0 aliphatic heterocycles. The zero-order chi connectivity index (χ0) is 21.3. The Balaban J connectivity index is 1.49. The summed E-state index contributed by atoms with van der Waals surface area (Å²) in [5.41, 5.74) is 7.87. The van der Waals surface area contributed by atoms with Crippen LogP contribution in [0.2, 0.25) is 0 Å². The van der Waals surface area contributed by atoms with Crippen molar-refractivity contribution in [3.8, 4) is 11.1 Å². The van der Waals surface area contributed by atoms with E-state index in [1.54, 1.807) is 35.0 Å². The lowest BCUT2D eigenvalue weighted by molar-refractivity contribution is -0.137. The van der Waals surface area contributed by atoms with E-state index in [1.807, 2.05) is 12.1 Å². The van der Waals surface area contributed by atoms with Crippen LogP contribution < -0.4 is 16.4 Å². The zero-order valence-corrected chi connectivity index (χ0v) is 15.3. The average Bonchev–Trinajstić information content (AvgIpc) is 3.09. The number of carbonyl (C=O) groups excluding carboxylic acids is 1. The van der Waals surface area contributed by atoms with Gasteiger partial charge in [-0.2, -0.15) is 13.2 Å². The van der Waals surface area contributed by atoms with Crippen LogP contribution in [0, 0.1) is 0 Å². The Bertz CT molecular complexity index is 1220. The van der Waals surface area contributed by atoms with Crippen LogP contribution in [0.3, 0.4) is 0 Å². The van der Waals surface area contributed by atoms with Crippen molar-refractivity contribution in [3.63, 3.8) is 0 Å². The van der Waals surface area contributed by atoms with Crippen LogP contribution in [-0.4, -0.2) is 20.9 Å². The van der Waals surface area contributed by atoms with Gasteiger partial charge in [-0.25, -0.2) is 9.31 Å². The molecule has 0 saturated heterocycles. The third-order valence-electron chi connectivity index (χ3n) is 4.37. The van der Waals surface area contributed by atoms with Crippen molar-refractivity contribution in [3.05, 3.63) is 72.4 Å². The minimum Gasteiger partial charge on any atom is -0.380 e. The summed E-state index contributed by atoms with van der Waals surface area (Å²) in [5.74, 6) is 0.299. The Morgan fingerprint density at radius 2 is 1.70 bits per heavy atom. The van der Waals surface area contributed by atoms with Gasteiger partial charge < -0.3 is 16.4 Å². The van der Waals surface area contributed by atoms with Crippen molar-refractivity contribution in [2.75, 3.05) is 16.4 Å². The number of carbonyl (C=O) groups is 1. The van der Waals surface area contributed by atoms with Crippen LogP contribution in [0.1, 0.15) is 5.56 Å². The number of nitrogens with one attached hydrogen (secondary N) is 2. The normalized spacial score (nSPS) is 11.4. The molecule has 4 rings (SSSR count). The Morgan fingerprint density at radius 1 is 0.967 bits per heavy atom. The zero-order valence-electron chi connectivity index (χ0n) is 15.3. The Hall–Kier alpha value is -4.08. The van der Waals surface area contributed by atoms with Crippen LogP contribution in [0.4, 0.5) is 35.2 Å². The van der Waals surface area contributed by atoms with E-state index in [2.05, 4.69) is 20.9 Å². The van der Waals surface area contributed by atoms with Gasteiger partial charge in [0.2, 0.25) is 0 Å². The number of fused-ring (bicyclic) bond motifs is 1. The predicted octanol–water partition coefficient (Wildman–Crippen LogP) is 4.64. The molecule has 4 aromatic rings. The van der Waals surface area contributed by atoms with E-state index < -0.39 is 17.8 Å². The number of rotatable bonds is 3. The molecule has 2 heterocycles. The summed E-state index contributed by atoms with van der Waals surface area (Å²) in [4.78, 5) is 12.1. The topological polar surface area (TPSA) is 97.3 Å². The van der Waals surface area contributed by atoms with Gasteiger partial charge in [-0.05, 0) is 42.0 Å². The monoisotopic (exact) mass is 412 g/mol. The van der Waals surface area contributed by atoms with Crippen LogP contribution in [-0.2, 0) is 6.18 Å². The number of nitrogen functional groups attached to an aromatic ring is 1. The lowest BCUT2D eigenvalue weighted by Gasteiger charge is -2.11. The molecular weight excluding hydrogens is 397 g/mol. The molecule has 0 atom stereocenters. The van der Waals surface area contributed by atoms with Crippen molar-refractivity contribution < 1.29 is 18.0 Å². The summed E-state index contributed by atoms with van der Waals surface area (Å²) < 4.78 is 39.9. The molecule has 2 aromatic heterocycles. The largest absolute Gasteiger partial charge is 0.416 e. The molecule has 2 aromatic carbocycles. The van der Waals surface area contributed by atoms with Crippen LogP contribution in [0.25, 0.3) is 16.6 Å². The van der Waals surface area contributed by atoms with Gasteiger partial charge in [0.05, 0.1) is 5.56 Å². The van der Waals surface area contributed by atoms with E-state index in [1.165, 1.54) is 12.1 Å². The molecule has 0 saturated carbocycles. The lowest BCUT2D eigenvalue weighted by Crippen LogP contribution is -2.19. The summed E-state index contributed by atoms with van der Waals surface area (Å²) in [7, 11) is 0. The third kappa shape index (κ3) is 3.88. The molecule has 0 bridgehead atoms. The van der Waals surface area contributed by atoms with E-state index in [0.717, 1.165) is 23.3 Å². The van der Waals surface area contributed by atoms with Crippen molar-refractivity contribution in [1.82, 2.24) is 14.8 Å². The molecule has 0 unspecified atom stereocenters. The number of pyridine rings is 1. The van der Waals surface area contributed by atoms with Gasteiger partial charge in [0.1, 0.15) is 5.52 Å². The van der Waals surface area contributed by atoms with E-state index in [4.69, 9.17) is 5.73 Å². The molecule has 0 aliphatic carbocycles. The smallest absolute Gasteiger partial charge is 0.380 e. The number of halogens is 3. The molecule has 2 amide bonds. The van der Waals surface area contributed by atoms with Crippen molar-refractivity contribution >= 4 is 28.7 Å². The van der Waals surface area contributed by atoms with Crippen molar-refractivity contribution in [2.24, 2.45) is 0 Å². The maximum atomic E-state index is 12.8.